The van der Waals surface area contributed by atoms with Gasteiger partial charge in [-0.05, 0) is 38.5 Å². The van der Waals surface area contributed by atoms with Gasteiger partial charge in [-0.15, -0.1) is 0 Å². The number of rotatable bonds is 47. The van der Waals surface area contributed by atoms with Crippen LogP contribution in [0.15, 0.2) is 12.2 Å². The first kappa shape index (κ1) is 56.0. The molecule has 0 aromatic heterocycles. The van der Waals surface area contributed by atoms with E-state index in [1.54, 1.807) is 0 Å². The molecule has 57 heavy (non-hydrogen) atoms. The van der Waals surface area contributed by atoms with Crippen LogP contribution in [0.2, 0.25) is 0 Å². The first-order chi connectivity index (χ1) is 28.0. The Morgan fingerprint density at radius 3 is 1.04 bits per heavy atom. The maximum atomic E-state index is 12.5. The molecule has 4 atom stereocenters. The molecule has 0 saturated heterocycles. The van der Waals surface area contributed by atoms with E-state index >= 15 is 0 Å². The van der Waals surface area contributed by atoms with E-state index in [0.29, 0.717) is 12.8 Å². The van der Waals surface area contributed by atoms with Crippen molar-refractivity contribution in [2.24, 2.45) is 0 Å². The Hall–Kier alpha value is -0.950. The molecule has 0 rings (SSSR count). The van der Waals surface area contributed by atoms with Crippen molar-refractivity contribution in [1.82, 2.24) is 5.32 Å². The molecule has 340 valence electrons. The molecule has 6 heteroatoms. The van der Waals surface area contributed by atoms with E-state index in [2.05, 4.69) is 31.3 Å². The van der Waals surface area contributed by atoms with Gasteiger partial charge in [0.1, 0.15) is 12.2 Å². The number of nitrogens with one attached hydrogen (secondary N) is 1. The van der Waals surface area contributed by atoms with Gasteiger partial charge < -0.3 is 25.7 Å². The molecule has 0 aromatic carbocycles. The van der Waals surface area contributed by atoms with Crippen molar-refractivity contribution >= 4 is 5.91 Å². The number of aliphatic hydroxyl groups excluding tert-OH is 4. The summed E-state index contributed by atoms with van der Waals surface area (Å²) in [7, 11) is 0. The predicted octanol–water partition coefficient (Wildman–Crippen LogP) is 14.1. The van der Waals surface area contributed by atoms with Gasteiger partial charge in [-0.1, -0.05) is 251 Å². The Bertz CT molecular complexity index is 821. The maximum Gasteiger partial charge on any atom is 0.249 e. The maximum absolute atomic E-state index is 12.5. The molecule has 1 amide bonds. The smallest absolute Gasteiger partial charge is 0.249 e. The van der Waals surface area contributed by atoms with E-state index in [9.17, 15) is 25.2 Å². The molecule has 5 N–H and O–H groups in total. The number of carbonyl (C=O) groups excluding carboxylic acids is 1. The van der Waals surface area contributed by atoms with Gasteiger partial charge in [0.2, 0.25) is 5.91 Å². The summed E-state index contributed by atoms with van der Waals surface area (Å²) in [4.78, 5) is 12.5. The normalized spacial score (nSPS) is 14.0. The van der Waals surface area contributed by atoms with E-state index in [-0.39, 0.29) is 0 Å². The van der Waals surface area contributed by atoms with E-state index in [4.69, 9.17) is 0 Å². The standard InChI is InChI=1S/C51H101NO5/c1-3-5-7-9-11-13-15-17-19-20-21-22-23-24-25-26-27-28-29-30-31-33-34-36-38-40-42-44-48(54)50(56)47(46-53)52-51(57)49(55)45-43-41-39-37-35-32-18-16-14-12-10-8-6-4-2/h14,16,47-50,53-56H,3-13,15,17-46H2,1-2H3,(H,52,57)/b16-14-. The first-order valence-electron chi connectivity index (χ1n) is 25.6. The summed E-state index contributed by atoms with van der Waals surface area (Å²) in [6, 6.07) is -0.985. The van der Waals surface area contributed by atoms with Crippen LogP contribution in [-0.4, -0.2) is 57.3 Å². The van der Waals surface area contributed by atoms with Crippen LogP contribution >= 0.6 is 0 Å². The van der Waals surface area contributed by atoms with Crippen LogP contribution in [0.4, 0.5) is 0 Å². The minimum absolute atomic E-state index is 0.364. The minimum atomic E-state index is -1.26. The molecule has 0 saturated carbocycles. The molecule has 0 aliphatic rings. The van der Waals surface area contributed by atoms with Crippen molar-refractivity contribution in [2.45, 2.75) is 301 Å². The van der Waals surface area contributed by atoms with E-state index in [0.717, 1.165) is 44.9 Å². The fourth-order valence-corrected chi connectivity index (χ4v) is 8.17. The number of hydrogen-bond acceptors (Lipinski definition) is 5. The lowest BCUT2D eigenvalue weighted by atomic mass is 9.99. The Morgan fingerprint density at radius 2 is 0.702 bits per heavy atom. The van der Waals surface area contributed by atoms with Crippen LogP contribution in [0.5, 0.6) is 0 Å². The summed E-state index contributed by atoms with van der Waals surface area (Å²) >= 11 is 0. The molecule has 0 spiro atoms. The molecule has 0 fully saturated rings. The first-order valence-corrected chi connectivity index (χ1v) is 25.6. The highest BCUT2D eigenvalue weighted by Gasteiger charge is 2.28. The quantitative estimate of drug-likeness (QED) is 0.0311. The largest absolute Gasteiger partial charge is 0.394 e. The highest BCUT2D eigenvalue weighted by molar-refractivity contribution is 5.80. The van der Waals surface area contributed by atoms with Crippen molar-refractivity contribution in [3.05, 3.63) is 12.2 Å². The number of allylic oxidation sites excluding steroid dienone is 2. The zero-order valence-electron chi connectivity index (χ0n) is 38.4. The second kappa shape index (κ2) is 46.1. The van der Waals surface area contributed by atoms with Crippen LogP contribution in [0, 0.1) is 0 Å². The summed E-state index contributed by atoms with van der Waals surface area (Å²) in [6.07, 6.45) is 52.7. The zero-order valence-corrected chi connectivity index (χ0v) is 38.4. The average Bonchev–Trinajstić information content (AvgIpc) is 3.22. The van der Waals surface area contributed by atoms with Crippen LogP contribution in [0.25, 0.3) is 0 Å². The van der Waals surface area contributed by atoms with Gasteiger partial charge in [-0.25, -0.2) is 0 Å². The molecule has 0 aromatic rings. The Kier molecular flexibility index (Phi) is 45.4. The van der Waals surface area contributed by atoms with Crippen molar-refractivity contribution in [1.29, 1.82) is 0 Å². The molecule has 0 radical (unpaired) electrons. The third kappa shape index (κ3) is 40.2. The van der Waals surface area contributed by atoms with Gasteiger partial charge in [0.15, 0.2) is 0 Å². The Morgan fingerprint density at radius 1 is 0.421 bits per heavy atom. The topological polar surface area (TPSA) is 110 Å². The van der Waals surface area contributed by atoms with E-state index in [1.165, 1.54) is 205 Å². The lowest BCUT2D eigenvalue weighted by Crippen LogP contribution is -2.53. The van der Waals surface area contributed by atoms with Crippen molar-refractivity contribution in [3.8, 4) is 0 Å². The highest BCUT2D eigenvalue weighted by atomic mass is 16.3. The third-order valence-electron chi connectivity index (χ3n) is 12.2. The van der Waals surface area contributed by atoms with Crippen LogP contribution in [-0.2, 0) is 4.79 Å². The van der Waals surface area contributed by atoms with Gasteiger partial charge in [0, 0.05) is 0 Å². The summed E-state index contributed by atoms with van der Waals surface area (Å²) in [5.74, 6) is -0.586. The van der Waals surface area contributed by atoms with Crippen LogP contribution in [0.3, 0.4) is 0 Å². The molecule has 6 nitrogen and oxygen atoms in total. The number of amides is 1. The fourth-order valence-electron chi connectivity index (χ4n) is 8.17. The van der Waals surface area contributed by atoms with Crippen molar-refractivity contribution in [2.75, 3.05) is 6.61 Å². The number of carbonyl (C=O) groups is 1. The van der Waals surface area contributed by atoms with Crippen molar-refractivity contribution in [3.63, 3.8) is 0 Å². The Labute approximate surface area is 355 Å². The van der Waals surface area contributed by atoms with E-state index < -0.39 is 36.9 Å². The molecular formula is C51H101NO5. The Balaban J connectivity index is 3.60. The second-order valence-electron chi connectivity index (χ2n) is 17.9. The number of aliphatic hydroxyl groups is 4. The molecule has 4 unspecified atom stereocenters. The van der Waals surface area contributed by atoms with Gasteiger partial charge >= 0.3 is 0 Å². The summed E-state index contributed by atoms with van der Waals surface area (Å²) < 4.78 is 0. The zero-order chi connectivity index (χ0) is 41.7. The van der Waals surface area contributed by atoms with Crippen LogP contribution in [0.1, 0.15) is 277 Å². The lowest BCUT2D eigenvalue weighted by molar-refractivity contribution is -0.132. The van der Waals surface area contributed by atoms with Crippen molar-refractivity contribution < 1.29 is 25.2 Å². The molecule has 0 aliphatic carbocycles. The lowest BCUT2D eigenvalue weighted by Gasteiger charge is -2.27. The molecule has 0 bridgehead atoms. The van der Waals surface area contributed by atoms with Gasteiger partial charge in [-0.2, -0.15) is 0 Å². The SMILES string of the molecule is CCCCCC/C=C\CCCCCCCCC(O)C(=O)NC(CO)C(O)C(O)CCCCCCCCCCCCCCCCCCCCCCCCCCCCC. The van der Waals surface area contributed by atoms with Crippen LogP contribution < -0.4 is 5.32 Å². The summed E-state index contributed by atoms with van der Waals surface area (Å²) in [6.45, 7) is 4.06. The van der Waals surface area contributed by atoms with Gasteiger partial charge in [0.05, 0.1) is 18.8 Å². The number of unbranched alkanes of at least 4 members (excludes halogenated alkanes) is 36. The van der Waals surface area contributed by atoms with E-state index in [1.807, 2.05) is 0 Å². The summed E-state index contributed by atoms with van der Waals surface area (Å²) in [5, 5.41) is 43.8. The highest BCUT2D eigenvalue weighted by Crippen LogP contribution is 2.18. The second-order valence-corrected chi connectivity index (χ2v) is 17.9. The monoisotopic (exact) mass is 808 g/mol. The minimum Gasteiger partial charge on any atom is -0.394 e. The fraction of sp³-hybridized carbons (Fsp3) is 0.941. The molecule has 0 heterocycles. The third-order valence-corrected chi connectivity index (χ3v) is 12.2. The number of hydrogen-bond donors (Lipinski definition) is 5. The van der Waals surface area contributed by atoms with Gasteiger partial charge in [-0.3, -0.25) is 4.79 Å². The molecule has 0 aliphatic heterocycles. The van der Waals surface area contributed by atoms with Gasteiger partial charge in [0.25, 0.3) is 0 Å². The average molecular weight is 808 g/mol. The predicted molar refractivity (Wildman–Crippen MR) is 247 cm³/mol. The summed E-state index contributed by atoms with van der Waals surface area (Å²) in [5.41, 5.74) is 0. The molecular weight excluding hydrogens is 707 g/mol.